The number of anilines is 1. The number of carbonyl (C=O) groups is 1. The quantitative estimate of drug-likeness (QED) is 0.872. The van der Waals surface area contributed by atoms with Crippen molar-refractivity contribution in [1.82, 2.24) is 4.98 Å². The topological polar surface area (TPSA) is 51.2 Å². The lowest BCUT2D eigenvalue weighted by molar-refractivity contribution is -0.118. The summed E-state index contributed by atoms with van der Waals surface area (Å²) in [5.41, 5.74) is 0. The zero-order valence-electron chi connectivity index (χ0n) is 10.1. The second kappa shape index (κ2) is 6.92. The van der Waals surface area contributed by atoms with Crippen LogP contribution in [-0.4, -0.2) is 17.5 Å². The van der Waals surface area contributed by atoms with E-state index in [9.17, 15) is 4.79 Å². The average Bonchev–Trinajstić information content (AvgIpc) is 2.40. The van der Waals surface area contributed by atoms with Gasteiger partial charge in [0.1, 0.15) is 11.6 Å². The third-order valence-corrected chi connectivity index (χ3v) is 3.33. The van der Waals surface area contributed by atoms with Crippen LogP contribution >= 0.6 is 39.1 Å². The highest BCUT2D eigenvalue weighted by molar-refractivity contribution is 9.10. The first kappa shape index (κ1) is 15.1. The summed E-state index contributed by atoms with van der Waals surface area (Å²) in [5, 5.41) is 3.68. The van der Waals surface area contributed by atoms with Gasteiger partial charge in [-0.15, -0.1) is 0 Å². The van der Waals surface area contributed by atoms with Crippen LogP contribution in [0.3, 0.4) is 0 Å². The van der Waals surface area contributed by atoms with Crippen LogP contribution in [0.4, 0.5) is 5.82 Å². The number of carbonyl (C=O) groups excluding carboxylic acids is 1. The van der Waals surface area contributed by atoms with Gasteiger partial charge in [-0.25, -0.2) is 4.98 Å². The molecular formula is C13H9BrCl2N2O2. The minimum atomic E-state index is -0.318. The van der Waals surface area contributed by atoms with E-state index in [1.807, 2.05) is 0 Å². The van der Waals surface area contributed by atoms with Crippen LogP contribution < -0.4 is 10.1 Å². The van der Waals surface area contributed by atoms with Crippen molar-refractivity contribution in [3.05, 3.63) is 51.0 Å². The summed E-state index contributed by atoms with van der Waals surface area (Å²) >= 11 is 14.8. The van der Waals surface area contributed by atoms with Gasteiger partial charge in [0.25, 0.3) is 5.91 Å². The summed E-state index contributed by atoms with van der Waals surface area (Å²) < 4.78 is 6.06. The third-order valence-electron chi connectivity index (χ3n) is 2.25. The summed E-state index contributed by atoms with van der Waals surface area (Å²) in [4.78, 5) is 15.7. The Hall–Kier alpha value is -1.30. The largest absolute Gasteiger partial charge is 0.483 e. The molecule has 1 aromatic carbocycles. The number of ether oxygens (including phenoxy) is 1. The van der Waals surface area contributed by atoms with E-state index in [0.29, 0.717) is 26.1 Å². The standard InChI is InChI=1S/C13H9BrCl2N2O2/c14-10-5-8(15)1-3-11(10)20-7-13(19)18-12-4-2-9(16)6-17-12/h1-6H,7H2,(H,17,18,19). The van der Waals surface area contributed by atoms with Crippen molar-refractivity contribution in [2.75, 3.05) is 11.9 Å². The fourth-order valence-electron chi connectivity index (χ4n) is 1.36. The van der Waals surface area contributed by atoms with Crippen LogP contribution in [0.25, 0.3) is 0 Å². The number of nitrogens with zero attached hydrogens (tertiary/aromatic N) is 1. The molecule has 0 radical (unpaired) electrons. The van der Waals surface area contributed by atoms with Crippen LogP contribution in [0.5, 0.6) is 5.75 Å². The van der Waals surface area contributed by atoms with E-state index in [0.717, 1.165) is 0 Å². The zero-order valence-corrected chi connectivity index (χ0v) is 13.2. The summed E-state index contributed by atoms with van der Waals surface area (Å²) in [7, 11) is 0. The van der Waals surface area contributed by atoms with Gasteiger partial charge in [-0.1, -0.05) is 23.2 Å². The molecule has 1 aromatic heterocycles. The first-order valence-corrected chi connectivity index (χ1v) is 7.09. The number of nitrogens with one attached hydrogen (secondary N) is 1. The van der Waals surface area contributed by atoms with Crippen molar-refractivity contribution in [2.24, 2.45) is 0 Å². The number of hydrogen-bond donors (Lipinski definition) is 1. The first-order valence-electron chi connectivity index (χ1n) is 5.54. The summed E-state index contributed by atoms with van der Waals surface area (Å²) in [6.07, 6.45) is 1.45. The Morgan fingerprint density at radius 2 is 2.00 bits per heavy atom. The predicted octanol–water partition coefficient (Wildman–Crippen LogP) is 4.17. The van der Waals surface area contributed by atoms with Crippen LogP contribution in [0.1, 0.15) is 0 Å². The van der Waals surface area contributed by atoms with Gasteiger partial charge in [-0.3, -0.25) is 4.79 Å². The minimum Gasteiger partial charge on any atom is -0.483 e. The van der Waals surface area contributed by atoms with Crippen LogP contribution in [0.2, 0.25) is 10.0 Å². The van der Waals surface area contributed by atoms with Crippen molar-refractivity contribution < 1.29 is 9.53 Å². The van der Waals surface area contributed by atoms with E-state index in [-0.39, 0.29) is 12.5 Å². The van der Waals surface area contributed by atoms with Gasteiger partial charge in [-0.05, 0) is 46.3 Å². The molecule has 0 unspecified atom stereocenters. The Balaban J connectivity index is 1.90. The lowest BCUT2D eigenvalue weighted by atomic mass is 10.3. The fourth-order valence-corrected chi connectivity index (χ4v) is 2.27. The van der Waals surface area contributed by atoms with Gasteiger partial charge in [0.15, 0.2) is 6.61 Å². The smallest absolute Gasteiger partial charge is 0.263 e. The van der Waals surface area contributed by atoms with E-state index < -0.39 is 0 Å². The molecule has 0 aliphatic heterocycles. The van der Waals surface area contributed by atoms with E-state index in [4.69, 9.17) is 27.9 Å². The Labute approximate surface area is 134 Å². The fraction of sp³-hybridized carbons (Fsp3) is 0.0769. The molecule has 0 saturated carbocycles. The minimum absolute atomic E-state index is 0.134. The molecule has 1 N–H and O–H groups in total. The molecule has 0 bridgehead atoms. The van der Waals surface area contributed by atoms with Crippen molar-refractivity contribution in [1.29, 1.82) is 0 Å². The molecule has 0 saturated heterocycles. The number of pyridine rings is 1. The molecule has 0 aliphatic rings. The van der Waals surface area contributed by atoms with Crippen LogP contribution in [-0.2, 0) is 4.79 Å². The molecule has 104 valence electrons. The molecule has 0 atom stereocenters. The van der Waals surface area contributed by atoms with Gasteiger partial charge < -0.3 is 10.1 Å². The number of halogens is 3. The monoisotopic (exact) mass is 374 g/mol. The molecule has 4 nitrogen and oxygen atoms in total. The Kier molecular flexibility index (Phi) is 5.23. The normalized spacial score (nSPS) is 10.2. The molecule has 0 fully saturated rings. The number of hydrogen-bond acceptors (Lipinski definition) is 3. The Morgan fingerprint density at radius 1 is 1.25 bits per heavy atom. The summed E-state index contributed by atoms with van der Waals surface area (Å²) in [6, 6.07) is 8.30. The summed E-state index contributed by atoms with van der Waals surface area (Å²) in [5.74, 6) is 0.633. The third kappa shape index (κ3) is 4.37. The lowest BCUT2D eigenvalue weighted by Gasteiger charge is -2.08. The molecule has 0 aliphatic carbocycles. The predicted molar refractivity (Wildman–Crippen MR) is 82.5 cm³/mol. The average molecular weight is 376 g/mol. The van der Waals surface area contributed by atoms with E-state index in [1.165, 1.54) is 6.20 Å². The van der Waals surface area contributed by atoms with Gasteiger partial charge in [0.2, 0.25) is 0 Å². The summed E-state index contributed by atoms with van der Waals surface area (Å²) in [6.45, 7) is -0.134. The van der Waals surface area contributed by atoms with Gasteiger partial charge in [0, 0.05) is 11.2 Å². The zero-order chi connectivity index (χ0) is 14.5. The number of rotatable bonds is 4. The maximum absolute atomic E-state index is 11.7. The van der Waals surface area contributed by atoms with Gasteiger partial charge in [-0.2, -0.15) is 0 Å². The van der Waals surface area contributed by atoms with E-state index >= 15 is 0 Å². The maximum atomic E-state index is 11.7. The molecule has 1 heterocycles. The highest BCUT2D eigenvalue weighted by Gasteiger charge is 2.07. The molecular weight excluding hydrogens is 367 g/mol. The molecule has 0 spiro atoms. The Bertz CT molecular complexity index is 620. The SMILES string of the molecule is O=C(COc1ccc(Cl)cc1Br)Nc1ccc(Cl)cn1. The van der Waals surface area contributed by atoms with E-state index in [1.54, 1.807) is 30.3 Å². The highest BCUT2D eigenvalue weighted by atomic mass is 79.9. The number of benzene rings is 1. The molecule has 1 amide bonds. The van der Waals surface area contributed by atoms with Crippen molar-refractivity contribution in [3.8, 4) is 5.75 Å². The Morgan fingerprint density at radius 3 is 2.65 bits per heavy atom. The second-order valence-corrected chi connectivity index (χ2v) is 5.50. The number of amides is 1. The first-order chi connectivity index (χ1) is 9.54. The van der Waals surface area contributed by atoms with Crippen molar-refractivity contribution >= 4 is 50.9 Å². The molecule has 2 rings (SSSR count). The van der Waals surface area contributed by atoms with Gasteiger partial charge in [0.05, 0.1) is 9.50 Å². The molecule has 2 aromatic rings. The lowest BCUT2D eigenvalue weighted by Crippen LogP contribution is -2.20. The maximum Gasteiger partial charge on any atom is 0.263 e. The van der Waals surface area contributed by atoms with E-state index in [2.05, 4.69) is 26.2 Å². The number of aromatic nitrogens is 1. The van der Waals surface area contributed by atoms with Crippen LogP contribution in [0, 0.1) is 0 Å². The van der Waals surface area contributed by atoms with Crippen molar-refractivity contribution in [3.63, 3.8) is 0 Å². The van der Waals surface area contributed by atoms with Gasteiger partial charge >= 0.3 is 0 Å². The van der Waals surface area contributed by atoms with Crippen molar-refractivity contribution in [2.45, 2.75) is 0 Å². The molecule has 7 heteroatoms. The second-order valence-electron chi connectivity index (χ2n) is 3.77. The molecule has 20 heavy (non-hydrogen) atoms. The highest BCUT2D eigenvalue weighted by Crippen LogP contribution is 2.27. The van der Waals surface area contributed by atoms with Crippen LogP contribution in [0.15, 0.2) is 41.0 Å².